The zero-order chi connectivity index (χ0) is 22.9. The molecule has 2 aromatic rings. The van der Waals surface area contributed by atoms with Crippen molar-refractivity contribution in [1.82, 2.24) is 4.98 Å². The van der Waals surface area contributed by atoms with Gasteiger partial charge in [-0.05, 0) is 57.0 Å². The van der Waals surface area contributed by atoms with Gasteiger partial charge in [0.2, 0.25) is 0 Å². The van der Waals surface area contributed by atoms with Crippen molar-refractivity contribution < 1.29 is 22.7 Å². The second kappa shape index (κ2) is 8.69. The molecule has 1 saturated carbocycles. The average molecular weight is 444 g/mol. The molecule has 3 atom stereocenters. The van der Waals surface area contributed by atoms with Crippen LogP contribution in [0.15, 0.2) is 41.7 Å². The molecule has 1 aliphatic carbocycles. The second-order valence-electron chi connectivity index (χ2n) is 8.39. The summed E-state index contributed by atoms with van der Waals surface area (Å²) in [6.07, 6.45) is -1.13. The Morgan fingerprint density at radius 2 is 1.84 bits per heavy atom. The van der Waals surface area contributed by atoms with Crippen molar-refractivity contribution in [3.8, 4) is 17.6 Å². The highest BCUT2D eigenvalue weighted by molar-refractivity contribution is 5.78. The monoisotopic (exact) mass is 444 g/mol. The number of halogens is 3. The molecule has 6 nitrogen and oxygen atoms in total. The number of hydrogen-bond donors (Lipinski definition) is 0. The lowest BCUT2D eigenvalue weighted by Crippen LogP contribution is -2.47. The number of fused-ring (bicyclic) bond motifs is 2. The predicted octanol–water partition coefficient (Wildman–Crippen LogP) is 5.04. The third kappa shape index (κ3) is 4.64. The highest BCUT2D eigenvalue weighted by Crippen LogP contribution is 2.43. The standard InChI is InChI=1S/C23H23F3N4O2/c1-14(2)29-32-20-9-18(23(24,25)26)6-7-19(20)31-22-16-4-5-17(22)13-30(12-16)21-8-3-15(10-27)11-28-21/h3,6-9,11,16-17,22H,4-5,12-13H2,1-2H3/t16-,17+,22-. The molecule has 32 heavy (non-hydrogen) atoms. The van der Waals surface area contributed by atoms with Crippen LogP contribution in [0, 0.1) is 23.2 Å². The summed E-state index contributed by atoms with van der Waals surface area (Å²) < 4.78 is 45.8. The summed E-state index contributed by atoms with van der Waals surface area (Å²) in [4.78, 5) is 11.9. The van der Waals surface area contributed by atoms with Crippen LogP contribution < -0.4 is 14.5 Å². The predicted molar refractivity (Wildman–Crippen MR) is 113 cm³/mol. The quantitative estimate of drug-likeness (QED) is 0.477. The maximum absolute atomic E-state index is 13.2. The minimum absolute atomic E-state index is 0.0448. The van der Waals surface area contributed by atoms with Crippen LogP contribution in [0.2, 0.25) is 0 Å². The largest absolute Gasteiger partial charge is 0.486 e. The molecule has 168 valence electrons. The number of nitriles is 1. The molecule has 9 heteroatoms. The number of piperidine rings is 1. The first-order valence-corrected chi connectivity index (χ1v) is 10.4. The number of anilines is 1. The number of pyridine rings is 1. The van der Waals surface area contributed by atoms with Crippen molar-refractivity contribution in [3.63, 3.8) is 0 Å². The van der Waals surface area contributed by atoms with Gasteiger partial charge in [-0.25, -0.2) is 4.98 Å². The van der Waals surface area contributed by atoms with Crippen LogP contribution in [-0.2, 0) is 6.18 Å². The van der Waals surface area contributed by atoms with E-state index in [0.29, 0.717) is 11.3 Å². The summed E-state index contributed by atoms with van der Waals surface area (Å²) in [7, 11) is 0. The van der Waals surface area contributed by atoms with Crippen LogP contribution in [0.25, 0.3) is 0 Å². The van der Waals surface area contributed by atoms with E-state index in [0.717, 1.165) is 43.9 Å². The number of hydrogen-bond acceptors (Lipinski definition) is 6. The first-order valence-electron chi connectivity index (χ1n) is 10.4. The number of benzene rings is 1. The molecule has 0 unspecified atom stereocenters. The van der Waals surface area contributed by atoms with E-state index in [4.69, 9.17) is 14.8 Å². The van der Waals surface area contributed by atoms with Crippen molar-refractivity contribution in [2.45, 2.75) is 39.0 Å². The van der Waals surface area contributed by atoms with Crippen LogP contribution in [0.4, 0.5) is 19.0 Å². The van der Waals surface area contributed by atoms with Crippen LogP contribution >= 0.6 is 0 Å². The van der Waals surface area contributed by atoms with Gasteiger partial charge in [0.05, 0.1) is 16.8 Å². The minimum atomic E-state index is -4.49. The molecule has 0 spiro atoms. The van der Waals surface area contributed by atoms with E-state index < -0.39 is 11.7 Å². The molecular formula is C23H23F3N4O2. The number of nitrogens with zero attached hydrogens (tertiary/aromatic N) is 4. The van der Waals surface area contributed by atoms with Crippen molar-refractivity contribution >= 4 is 11.5 Å². The fraction of sp³-hybridized carbons (Fsp3) is 0.435. The van der Waals surface area contributed by atoms with E-state index >= 15 is 0 Å². The molecule has 1 aromatic heterocycles. The summed E-state index contributed by atoms with van der Waals surface area (Å²) >= 11 is 0. The van der Waals surface area contributed by atoms with Crippen LogP contribution in [0.5, 0.6) is 11.5 Å². The molecule has 0 radical (unpaired) electrons. The lowest BCUT2D eigenvalue weighted by atomic mass is 9.94. The Hall–Kier alpha value is -3.28. The van der Waals surface area contributed by atoms with Gasteiger partial charge < -0.3 is 14.5 Å². The molecular weight excluding hydrogens is 421 g/mol. The number of alkyl halides is 3. The number of oxime groups is 1. The Labute approximate surface area is 184 Å². The number of aromatic nitrogens is 1. The maximum Gasteiger partial charge on any atom is 0.416 e. The van der Waals surface area contributed by atoms with Crippen molar-refractivity contribution in [3.05, 3.63) is 47.7 Å². The van der Waals surface area contributed by atoms with Gasteiger partial charge in [-0.2, -0.15) is 18.4 Å². The maximum atomic E-state index is 13.2. The van der Waals surface area contributed by atoms with Gasteiger partial charge in [0.1, 0.15) is 18.0 Å². The van der Waals surface area contributed by atoms with E-state index in [9.17, 15) is 13.2 Å². The van der Waals surface area contributed by atoms with E-state index in [2.05, 4.69) is 21.1 Å². The van der Waals surface area contributed by atoms with Crippen molar-refractivity contribution in [2.75, 3.05) is 18.0 Å². The summed E-state index contributed by atoms with van der Waals surface area (Å²) in [6, 6.07) is 8.89. The first kappa shape index (κ1) is 21.9. The third-order valence-electron chi connectivity index (χ3n) is 5.81. The molecule has 2 fully saturated rings. The molecule has 2 heterocycles. The normalized spacial score (nSPS) is 22.2. The van der Waals surface area contributed by atoms with Crippen LogP contribution in [0.1, 0.15) is 37.8 Å². The second-order valence-corrected chi connectivity index (χ2v) is 8.39. The minimum Gasteiger partial charge on any atom is -0.486 e. The lowest BCUT2D eigenvalue weighted by molar-refractivity contribution is -0.137. The third-order valence-corrected chi connectivity index (χ3v) is 5.81. The fourth-order valence-electron chi connectivity index (χ4n) is 4.33. The van der Waals surface area contributed by atoms with E-state index in [1.807, 2.05) is 6.07 Å². The Kier molecular flexibility index (Phi) is 5.96. The van der Waals surface area contributed by atoms with E-state index in [1.54, 1.807) is 26.1 Å². The zero-order valence-electron chi connectivity index (χ0n) is 17.8. The van der Waals surface area contributed by atoms with Gasteiger partial charge in [-0.15, -0.1) is 0 Å². The van der Waals surface area contributed by atoms with Crippen LogP contribution in [-0.4, -0.2) is 29.9 Å². The molecule has 0 N–H and O–H groups in total. The van der Waals surface area contributed by atoms with Gasteiger partial charge in [0, 0.05) is 31.1 Å². The van der Waals surface area contributed by atoms with Gasteiger partial charge >= 0.3 is 6.18 Å². The zero-order valence-corrected chi connectivity index (χ0v) is 17.8. The average Bonchev–Trinajstić information content (AvgIpc) is 2.99. The summed E-state index contributed by atoms with van der Waals surface area (Å²) in [6.45, 7) is 4.84. The molecule has 1 aromatic carbocycles. The summed E-state index contributed by atoms with van der Waals surface area (Å²) in [5, 5.41) is 12.8. The summed E-state index contributed by atoms with van der Waals surface area (Å²) in [5.74, 6) is 1.44. The van der Waals surface area contributed by atoms with Crippen molar-refractivity contribution in [1.29, 1.82) is 5.26 Å². The highest BCUT2D eigenvalue weighted by atomic mass is 19.4. The van der Waals surface area contributed by atoms with Crippen LogP contribution in [0.3, 0.4) is 0 Å². The Morgan fingerprint density at radius 3 is 2.41 bits per heavy atom. The Balaban J connectivity index is 1.53. The Bertz CT molecular complexity index is 1030. The van der Waals surface area contributed by atoms with Gasteiger partial charge in [0.25, 0.3) is 0 Å². The Morgan fingerprint density at radius 1 is 1.12 bits per heavy atom. The molecule has 0 amide bonds. The van der Waals surface area contributed by atoms with E-state index in [1.165, 1.54) is 6.07 Å². The number of rotatable bonds is 5. The number of ether oxygens (including phenoxy) is 1. The van der Waals surface area contributed by atoms with Crippen molar-refractivity contribution in [2.24, 2.45) is 17.0 Å². The van der Waals surface area contributed by atoms with Gasteiger partial charge in [0.15, 0.2) is 11.5 Å². The summed E-state index contributed by atoms with van der Waals surface area (Å²) in [5.41, 5.74) is 0.278. The molecule has 4 rings (SSSR count). The first-order chi connectivity index (χ1) is 15.2. The lowest BCUT2D eigenvalue weighted by Gasteiger charge is -2.38. The smallest absolute Gasteiger partial charge is 0.416 e. The molecule has 1 aliphatic heterocycles. The van der Waals surface area contributed by atoms with Gasteiger partial charge in [-0.1, -0.05) is 5.16 Å². The molecule has 2 aliphatic rings. The fourth-order valence-corrected chi connectivity index (χ4v) is 4.33. The molecule has 1 saturated heterocycles. The molecule has 2 bridgehead atoms. The SMILES string of the molecule is CC(C)=NOc1cc(C(F)(F)F)ccc1O[C@@H]1[C@@H]2CC[C@H]1CN(c1ccc(C#N)cn1)C2. The topological polar surface area (TPSA) is 70.7 Å². The van der Waals surface area contributed by atoms with Gasteiger partial charge in [-0.3, -0.25) is 0 Å². The van der Waals surface area contributed by atoms with E-state index in [-0.39, 0.29) is 29.4 Å². The highest BCUT2D eigenvalue weighted by Gasteiger charge is 2.44.